The molecule has 0 fully saturated rings. The normalized spacial score (nSPS) is 9.65. The molecule has 0 unspecified atom stereocenters. The molecule has 1 aromatic heterocycles. The molecule has 1 heterocycles. The summed E-state index contributed by atoms with van der Waals surface area (Å²) < 4.78 is 0. The van der Waals surface area contributed by atoms with Crippen LogP contribution in [0.4, 0.5) is 5.13 Å². The van der Waals surface area contributed by atoms with E-state index >= 15 is 0 Å². The molecule has 0 aliphatic carbocycles. The third kappa shape index (κ3) is 4.09. The topological polar surface area (TPSA) is 88.2 Å². The fraction of sp³-hybridized carbons (Fsp3) is 0.143. The molecule has 0 radical (unpaired) electrons. The van der Waals surface area contributed by atoms with Crippen molar-refractivity contribution in [1.82, 2.24) is 4.98 Å². The average molecular weight is 287 g/mol. The van der Waals surface area contributed by atoms with E-state index in [1.165, 1.54) is 11.3 Å². The summed E-state index contributed by atoms with van der Waals surface area (Å²) in [5, 5.41) is 12.5. The third-order valence-corrected chi connectivity index (χ3v) is 3.17. The molecule has 0 atom stereocenters. The Morgan fingerprint density at radius 3 is 3.10 bits per heavy atom. The van der Waals surface area contributed by atoms with E-state index in [4.69, 9.17) is 5.73 Å². The Balaban J connectivity index is 1.96. The highest BCUT2D eigenvalue weighted by atomic mass is 32.1. The van der Waals surface area contributed by atoms with E-state index in [1.807, 2.05) is 0 Å². The predicted octanol–water partition coefficient (Wildman–Crippen LogP) is 1.34. The van der Waals surface area contributed by atoms with Crippen LogP contribution in [0, 0.1) is 11.8 Å². The highest BCUT2D eigenvalue weighted by Gasteiger charge is 2.07. The molecule has 0 saturated carbocycles. The maximum Gasteiger partial charge on any atom is 0.230 e. The van der Waals surface area contributed by atoms with Gasteiger partial charge in [-0.1, -0.05) is 35.3 Å². The van der Waals surface area contributed by atoms with Gasteiger partial charge >= 0.3 is 0 Å². The lowest BCUT2D eigenvalue weighted by Crippen LogP contribution is -2.13. The van der Waals surface area contributed by atoms with Crippen molar-refractivity contribution in [3.63, 3.8) is 0 Å². The number of anilines is 1. The zero-order valence-corrected chi connectivity index (χ0v) is 11.4. The van der Waals surface area contributed by atoms with Crippen molar-refractivity contribution < 1.29 is 9.90 Å². The van der Waals surface area contributed by atoms with Crippen molar-refractivity contribution in [2.45, 2.75) is 6.42 Å². The zero-order valence-electron chi connectivity index (χ0n) is 10.6. The molecule has 0 aliphatic heterocycles. The molecule has 0 aliphatic rings. The van der Waals surface area contributed by atoms with Crippen molar-refractivity contribution in [2.24, 2.45) is 5.73 Å². The van der Waals surface area contributed by atoms with Crippen LogP contribution in [0.3, 0.4) is 0 Å². The van der Waals surface area contributed by atoms with Crippen LogP contribution in [-0.2, 0) is 11.2 Å². The molecule has 0 bridgehead atoms. The van der Waals surface area contributed by atoms with Gasteiger partial charge in [0.05, 0.1) is 24.0 Å². The molecule has 1 aromatic carbocycles. The number of hydrogen-bond acceptors (Lipinski definition) is 5. The van der Waals surface area contributed by atoms with Crippen molar-refractivity contribution >= 4 is 22.4 Å². The highest BCUT2D eigenvalue weighted by molar-refractivity contribution is 7.16. The van der Waals surface area contributed by atoms with Crippen molar-refractivity contribution in [3.8, 4) is 17.6 Å². The summed E-state index contributed by atoms with van der Waals surface area (Å²) in [5.74, 6) is 5.53. The lowest BCUT2D eigenvalue weighted by Gasteiger charge is -2.02. The third-order valence-electron chi connectivity index (χ3n) is 2.34. The number of hydrogen-bond donors (Lipinski definition) is 3. The summed E-state index contributed by atoms with van der Waals surface area (Å²) in [5.41, 5.74) is 6.02. The van der Waals surface area contributed by atoms with Gasteiger partial charge in [-0.25, -0.2) is 4.98 Å². The Kier molecular flexibility index (Phi) is 4.71. The Morgan fingerprint density at radius 1 is 1.50 bits per heavy atom. The van der Waals surface area contributed by atoms with Gasteiger partial charge < -0.3 is 16.2 Å². The van der Waals surface area contributed by atoms with Crippen molar-refractivity contribution in [1.29, 1.82) is 0 Å². The molecule has 1 amide bonds. The Bertz CT molecular complexity index is 670. The highest BCUT2D eigenvalue weighted by Crippen LogP contribution is 2.17. The van der Waals surface area contributed by atoms with Gasteiger partial charge in [-0.15, -0.1) is 0 Å². The van der Waals surface area contributed by atoms with E-state index in [2.05, 4.69) is 22.1 Å². The standard InChI is InChI=1S/C14H13N3O2S/c15-6-2-5-12-9-16-14(20-12)17-13(19)8-10-3-1-4-11(18)7-10/h1,3-4,7,9,18H,6,8,15H2,(H,16,17,19). The Morgan fingerprint density at radius 2 is 2.35 bits per heavy atom. The molecule has 2 rings (SSSR count). The SMILES string of the molecule is NCC#Cc1cnc(NC(=O)Cc2cccc(O)c2)s1. The lowest BCUT2D eigenvalue weighted by atomic mass is 10.1. The first-order valence-corrected chi connectivity index (χ1v) is 6.71. The van der Waals surface area contributed by atoms with Crippen LogP contribution in [0.15, 0.2) is 30.5 Å². The van der Waals surface area contributed by atoms with Crippen LogP contribution < -0.4 is 11.1 Å². The van der Waals surface area contributed by atoms with Crippen LogP contribution in [0.1, 0.15) is 10.4 Å². The van der Waals surface area contributed by atoms with Gasteiger partial charge in [0.2, 0.25) is 5.91 Å². The summed E-state index contributed by atoms with van der Waals surface area (Å²) >= 11 is 1.29. The van der Waals surface area contributed by atoms with Crippen molar-refractivity contribution in [2.75, 3.05) is 11.9 Å². The van der Waals surface area contributed by atoms with E-state index < -0.39 is 0 Å². The molecule has 0 saturated heterocycles. The van der Waals surface area contributed by atoms with Crippen molar-refractivity contribution in [3.05, 3.63) is 40.9 Å². The fourth-order valence-corrected chi connectivity index (χ4v) is 2.25. The van der Waals surface area contributed by atoms with Crippen LogP contribution in [0.5, 0.6) is 5.75 Å². The number of carbonyl (C=O) groups is 1. The first-order chi connectivity index (χ1) is 9.67. The van der Waals surface area contributed by atoms with Gasteiger partial charge in [0, 0.05) is 0 Å². The summed E-state index contributed by atoms with van der Waals surface area (Å²) in [6.45, 7) is 0.289. The first-order valence-electron chi connectivity index (χ1n) is 5.90. The monoisotopic (exact) mass is 287 g/mol. The lowest BCUT2D eigenvalue weighted by molar-refractivity contribution is -0.115. The van der Waals surface area contributed by atoms with Crippen LogP contribution in [0.2, 0.25) is 0 Å². The quantitative estimate of drug-likeness (QED) is 0.743. The largest absolute Gasteiger partial charge is 0.508 e. The van der Waals surface area contributed by atoms with Gasteiger partial charge in [-0.05, 0) is 17.7 Å². The van der Waals surface area contributed by atoms with Crippen LogP contribution in [0.25, 0.3) is 0 Å². The molecule has 5 nitrogen and oxygen atoms in total. The summed E-state index contributed by atoms with van der Waals surface area (Å²) in [4.78, 5) is 16.6. The molecule has 2 aromatic rings. The number of nitrogens with two attached hydrogens (primary N) is 1. The summed E-state index contributed by atoms with van der Waals surface area (Å²) in [7, 11) is 0. The number of aromatic hydroxyl groups is 1. The second-order valence-corrected chi connectivity index (χ2v) is 4.96. The molecule has 0 spiro atoms. The molecule has 4 N–H and O–H groups in total. The number of aromatic nitrogens is 1. The number of phenolic OH excluding ortho intramolecular Hbond substituents is 1. The van der Waals surface area contributed by atoms with Gasteiger partial charge in [0.15, 0.2) is 5.13 Å². The van der Waals surface area contributed by atoms with E-state index in [-0.39, 0.29) is 24.6 Å². The maximum atomic E-state index is 11.8. The second-order valence-electron chi connectivity index (χ2n) is 3.93. The first kappa shape index (κ1) is 14.1. The Hall–Kier alpha value is -2.36. The number of phenols is 1. The molecule has 102 valence electrons. The van der Waals surface area contributed by atoms with E-state index in [0.717, 1.165) is 10.4 Å². The number of rotatable bonds is 3. The van der Waals surface area contributed by atoms with Gasteiger partial charge in [-0.3, -0.25) is 4.79 Å². The fourth-order valence-electron chi connectivity index (χ4n) is 1.54. The van der Waals surface area contributed by atoms with Gasteiger partial charge in [-0.2, -0.15) is 0 Å². The molecule has 6 heteroatoms. The Labute approximate surface area is 120 Å². The minimum atomic E-state index is -0.191. The van der Waals surface area contributed by atoms with Gasteiger partial charge in [0.25, 0.3) is 0 Å². The number of benzene rings is 1. The summed E-state index contributed by atoms with van der Waals surface area (Å²) in [6, 6.07) is 6.59. The van der Waals surface area contributed by atoms with Crippen LogP contribution in [-0.4, -0.2) is 22.5 Å². The van der Waals surface area contributed by atoms with E-state index in [0.29, 0.717) is 5.13 Å². The summed E-state index contributed by atoms with van der Waals surface area (Å²) in [6.07, 6.45) is 1.77. The number of nitrogens with zero attached hydrogens (tertiary/aromatic N) is 1. The predicted molar refractivity (Wildman–Crippen MR) is 78.5 cm³/mol. The number of nitrogens with one attached hydrogen (secondary N) is 1. The smallest absolute Gasteiger partial charge is 0.230 e. The molecular formula is C14H13N3O2S. The van der Waals surface area contributed by atoms with Gasteiger partial charge in [0.1, 0.15) is 5.75 Å². The molecule has 20 heavy (non-hydrogen) atoms. The van der Waals surface area contributed by atoms with Crippen LogP contribution >= 0.6 is 11.3 Å². The number of amides is 1. The minimum absolute atomic E-state index is 0.142. The van der Waals surface area contributed by atoms with E-state index in [1.54, 1.807) is 30.5 Å². The number of thiazole rings is 1. The minimum Gasteiger partial charge on any atom is -0.508 e. The average Bonchev–Trinajstić information content (AvgIpc) is 2.83. The number of carbonyl (C=O) groups excluding carboxylic acids is 1. The second kappa shape index (κ2) is 6.70. The maximum absolute atomic E-state index is 11.8. The molecular weight excluding hydrogens is 274 g/mol. The zero-order chi connectivity index (χ0) is 14.4. The van der Waals surface area contributed by atoms with E-state index in [9.17, 15) is 9.90 Å².